The average Bonchev–Trinajstić information content (AvgIpc) is 2.38. The van der Waals surface area contributed by atoms with Gasteiger partial charge in [-0.3, -0.25) is 10.4 Å². The van der Waals surface area contributed by atoms with Gasteiger partial charge in [0.2, 0.25) is 0 Å². The Bertz CT molecular complexity index is 615. The summed E-state index contributed by atoms with van der Waals surface area (Å²) in [6.07, 6.45) is 3.45. The van der Waals surface area contributed by atoms with E-state index in [-0.39, 0.29) is 0 Å². The normalized spacial score (nSPS) is 10.1. The zero-order chi connectivity index (χ0) is 13.1. The van der Waals surface area contributed by atoms with Gasteiger partial charge in [-0.25, -0.2) is 0 Å². The first kappa shape index (κ1) is 12.0. The second kappa shape index (κ2) is 4.84. The second-order valence-electron chi connectivity index (χ2n) is 4.11. The molecule has 0 unspecified atom stereocenters. The van der Waals surface area contributed by atoms with Crippen LogP contribution in [0.2, 0.25) is 0 Å². The molecule has 2 aromatic rings. The molecule has 0 saturated heterocycles. The molecule has 0 aliphatic heterocycles. The van der Waals surface area contributed by atoms with Crippen LogP contribution in [0.3, 0.4) is 0 Å². The molecule has 18 heavy (non-hydrogen) atoms. The quantitative estimate of drug-likeness (QED) is 0.636. The summed E-state index contributed by atoms with van der Waals surface area (Å²) in [6.45, 7) is 5.63. The number of nitrogen functional groups attached to an aromatic ring is 1. The van der Waals surface area contributed by atoms with Gasteiger partial charge in [-0.15, -0.1) is 0 Å². The lowest BCUT2D eigenvalue weighted by Gasteiger charge is -2.09. The van der Waals surface area contributed by atoms with Gasteiger partial charge >= 0.3 is 0 Å². The van der Waals surface area contributed by atoms with E-state index < -0.39 is 0 Å². The summed E-state index contributed by atoms with van der Waals surface area (Å²) in [6, 6.07) is 9.25. The summed E-state index contributed by atoms with van der Waals surface area (Å²) in [7, 11) is 0. The van der Waals surface area contributed by atoms with Crippen LogP contribution in [0.5, 0.6) is 0 Å². The van der Waals surface area contributed by atoms with Gasteiger partial charge in [-0.05, 0) is 36.8 Å². The fourth-order valence-electron chi connectivity index (χ4n) is 1.77. The van der Waals surface area contributed by atoms with Gasteiger partial charge in [0, 0.05) is 28.7 Å². The standard InChI is InChI=1S/C15H15N3/c1-3-11-4-5-14(16)13(9-11)15(17)12-6-7-18-10(2)8-12/h3-9,17H,1,16H2,2H3. The Morgan fingerprint density at radius 1 is 1.33 bits per heavy atom. The van der Waals surface area contributed by atoms with Crippen molar-refractivity contribution >= 4 is 17.5 Å². The van der Waals surface area contributed by atoms with E-state index in [0.717, 1.165) is 22.4 Å². The number of hydrogen-bond acceptors (Lipinski definition) is 3. The second-order valence-corrected chi connectivity index (χ2v) is 4.11. The number of nitrogens with zero attached hydrogens (tertiary/aromatic N) is 1. The Kier molecular flexibility index (Phi) is 3.24. The molecule has 0 spiro atoms. The molecule has 1 aromatic heterocycles. The van der Waals surface area contributed by atoms with E-state index >= 15 is 0 Å². The van der Waals surface area contributed by atoms with Gasteiger partial charge in [-0.2, -0.15) is 0 Å². The third-order valence-electron chi connectivity index (χ3n) is 2.77. The molecule has 1 heterocycles. The third-order valence-corrected chi connectivity index (χ3v) is 2.77. The molecule has 0 radical (unpaired) electrons. The van der Waals surface area contributed by atoms with Crippen molar-refractivity contribution in [3.8, 4) is 0 Å². The van der Waals surface area contributed by atoms with Crippen molar-refractivity contribution in [2.75, 3.05) is 5.73 Å². The molecule has 2 rings (SSSR count). The van der Waals surface area contributed by atoms with E-state index in [1.807, 2.05) is 31.2 Å². The van der Waals surface area contributed by atoms with E-state index in [0.29, 0.717) is 11.4 Å². The molecule has 0 aliphatic carbocycles. The fourth-order valence-corrected chi connectivity index (χ4v) is 1.77. The van der Waals surface area contributed by atoms with Gasteiger partial charge in [0.15, 0.2) is 0 Å². The van der Waals surface area contributed by atoms with Gasteiger partial charge < -0.3 is 5.73 Å². The lowest BCUT2D eigenvalue weighted by molar-refractivity contribution is 1.19. The van der Waals surface area contributed by atoms with Crippen LogP contribution < -0.4 is 5.73 Å². The number of nitrogens with two attached hydrogens (primary N) is 1. The number of benzene rings is 1. The minimum Gasteiger partial charge on any atom is -0.398 e. The first-order valence-corrected chi connectivity index (χ1v) is 5.65. The summed E-state index contributed by atoms with van der Waals surface area (Å²) in [5, 5.41) is 8.24. The molecule has 1 aromatic carbocycles. The van der Waals surface area contributed by atoms with Crippen LogP contribution in [0.25, 0.3) is 6.08 Å². The lowest BCUT2D eigenvalue weighted by Crippen LogP contribution is -2.06. The first-order valence-electron chi connectivity index (χ1n) is 5.65. The van der Waals surface area contributed by atoms with Crippen LogP contribution in [0, 0.1) is 12.3 Å². The topological polar surface area (TPSA) is 62.8 Å². The zero-order valence-corrected chi connectivity index (χ0v) is 10.3. The number of rotatable bonds is 3. The van der Waals surface area contributed by atoms with E-state index in [4.69, 9.17) is 11.1 Å². The molecule has 0 amide bonds. The molecule has 0 saturated carbocycles. The van der Waals surface area contributed by atoms with E-state index in [9.17, 15) is 0 Å². The number of nitrogens with one attached hydrogen (secondary N) is 1. The molecule has 0 aliphatic rings. The maximum absolute atomic E-state index is 8.24. The largest absolute Gasteiger partial charge is 0.398 e. The van der Waals surface area contributed by atoms with Crippen LogP contribution in [0.4, 0.5) is 5.69 Å². The molecule has 3 heteroatoms. The molecule has 0 atom stereocenters. The highest BCUT2D eigenvalue weighted by molar-refractivity contribution is 6.14. The SMILES string of the molecule is C=Cc1ccc(N)c(C(=N)c2ccnc(C)c2)c1. The minimum atomic E-state index is 0.404. The summed E-state index contributed by atoms with van der Waals surface area (Å²) in [4.78, 5) is 4.13. The number of pyridine rings is 1. The predicted octanol–water partition coefficient (Wildman–Crippen LogP) is 3.03. The van der Waals surface area contributed by atoms with Crippen molar-refractivity contribution in [1.82, 2.24) is 4.98 Å². The molecule has 90 valence electrons. The third kappa shape index (κ3) is 2.30. The molecule has 0 bridgehead atoms. The number of aryl methyl sites for hydroxylation is 1. The van der Waals surface area contributed by atoms with Gasteiger partial charge in [0.05, 0.1) is 5.71 Å². The van der Waals surface area contributed by atoms with Crippen LogP contribution in [0.15, 0.2) is 43.1 Å². The average molecular weight is 237 g/mol. The maximum Gasteiger partial charge on any atom is 0.0706 e. The van der Waals surface area contributed by atoms with Crippen LogP contribution >= 0.6 is 0 Å². The minimum absolute atomic E-state index is 0.404. The Morgan fingerprint density at radius 3 is 2.78 bits per heavy atom. The van der Waals surface area contributed by atoms with Crippen molar-refractivity contribution in [1.29, 1.82) is 5.41 Å². The maximum atomic E-state index is 8.24. The highest BCUT2D eigenvalue weighted by atomic mass is 14.7. The number of anilines is 1. The summed E-state index contributed by atoms with van der Waals surface area (Å²) < 4.78 is 0. The first-order chi connectivity index (χ1) is 8.61. The Labute approximate surface area is 107 Å². The van der Waals surface area contributed by atoms with Crippen LogP contribution in [-0.4, -0.2) is 10.7 Å². The van der Waals surface area contributed by atoms with Crippen LogP contribution in [0.1, 0.15) is 22.4 Å². The van der Waals surface area contributed by atoms with Crippen molar-refractivity contribution < 1.29 is 0 Å². The highest BCUT2D eigenvalue weighted by Crippen LogP contribution is 2.19. The van der Waals surface area contributed by atoms with Gasteiger partial charge in [-0.1, -0.05) is 18.7 Å². The highest BCUT2D eigenvalue weighted by Gasteiger charge is 2.09. The van der Waals surface area contributed by atoms with Crippen LogP contribution in [-0.2, 0) is 0 Å². The van der Waals surface area contributed by atoms with Crippen molar-refractivity contribution in [2.45, 2.75) is 6.92 Å². The predicted molar refractivity (Wildman–Crippen MR) is 75.9 cm³/mol. The molecular formula is C15H15N3. The Morgan fingerprint density at radius 2 is 2.11 bits per heavy atom. The van der Waals surface area contributed by atoms with Crippen molar-refractivity contribution in [2.24, 2.45) is 0 Å². The Balaban J connectivity index is 2.48. The molecule has 3 nitrogen and oxygen atoms in total. The van der Waals surface area contributed by atoms with Crippen molar-refractivity contribution in [3.05, 3.63) is 65.5 Å². The monoisotopic (exact) mass is 237 g/mol. The summed E-state index contributed by atoms with van der Waals surface area (Å²) in [5.41, 5.74) is 10.3. The lowest BCUT2D eigenvalue weighted by atomic mass is 9.99. The Hall–Kier alpha value is -2.42. The fraction of sp³-hybridized carbons (Fsp3) is 0.0667. The van der Waals surface area contributed by atoms with E-state index in [2.05, 4.69) is 11.6 Å². The van der Waals surface area contributed by atoms with E-state index in [1.165, 1.54) is 0 Å². The number of hydrogen-bond donors (Lipinski definition) is 2. The van der Waals surface area contributed by atoms with Crippen molar-refractivity contribution in [3.63, 3.8) is 0 Å². The summed E-state index contributed by atoms with van der Waals surface area (Å²) in [5.74, 6) is 0. The molecular weight excluding hydrogens is 222 g/mol. The smallest absolute Gasteiger partial charge is 0.0706 e. The molecule has 0 fully saturated rings. The molecule has 3 N–H and O–H groups in total. The van der Waals surface area contributed by atoms with Gasteiger partial charge in [0.1, 0.15) is 0 Å². The summed E-state index contributed by atoms with van der Waals surface area (Å²) >= 11 is 0. The zero-order valence-electron chi connectivity index (χ0n) is 10.3. The number of aromatic nitrogens is 1. The van der Waals surface area contributed by atoms with Gasteiger partial charge in [0.25, 0.3) is 0 Å². The van der Waals surface area contributed by atoms with E-state index in [1.54, 1.807) is 18.3 Å².